The van der Waals surface area contributed by atoms with Crippen LogP contribution in [0.2, 0.25) is 0 Å². The summed E-state index contributed by atoms with van der Waals surface area (Å²) in [4.78, 5) is 4.47. The number of anilines is 2. The van der Waals surface area contributed by atoms with Gasteiger partial charge in [0.05, 0.1) is 17.8 Å². The fraction of sp³-hybridized carbons (Fsp3) is 0.353. The lowest BCUT2D eigenvalue weighted by atomic mass is 10.0. The van der Waals surface area contributed by atoms with Gasteiger partial charge in [-0.3, -0.25) is 0 Å². The molecule has 0 radical (unpaired) electrons. The number of rotatable bonds is 6. The maximum Gasteiger partial charge on any atom is 0.239 e. The Hall–Kier alpha value is -2.23. The van der Waals surface area contributed by atoms with Crippen molar-refractivity contribution in [1.82, 2.24) is 4.98 Å². The zero-order valence-electron chi connectivity index (χ0n) is 12.8. The van der Waals surface area contributed by atoms with Crippen molar-refractivity contribution < 1.29 is 4.74 Å². The van der Waals surface area contributed by atoms with Crippen molar-refractivity contribution in [2.75, 3.05) is 11.1 Å². The number of benzene rings is 1. The van der Waals surface area contributed by atoms with E-state index in [1.54, 1.807) is 0 Å². The third-order valence-electron chi connectivity index (χ3n) is 3.17. The quantitative estimate of drug-likeness (QED) is 0.841. The Kier molecular flexibility index (Phi) is 5.04. The molecule has 0 aliphatic rings. The second-order valence-corrected chi connectivity index (χ2v) is 5.27. The van der Waals surface area contributed by atoms with Crippen molar-refractivity contribution in [3.63, 3.8) is 0 Å². The number of nitrogens with zero attached hydrogens (tertiary/aromatic N) is 1. The number of ether oxygens (including phenoxy) is 1. The molecule has 1 unspecified atom stereocenters. The van der Waals surface area contributed by atoms with E-state index in [1.807, 2.05) is 44.2 Å². The van der Waals surface area contributed by atoms with Crippen molar-refractivity contribution in [2.45, 2.75) is 39.3 Å². The monoisotopic (exact) mass is 285 g/mol. The third kappa shape index (κ3) is 4.12. The summed E-state index contributed by atoms with van der Waals surface area (Å²) in [5.41, 5.74) is 7.70. The number of nitrogens with two attached hydrogens (primary N) is 1. The van der Waals surface area contributed by atoms with E-state index in [9.17, 15) is 0 Å². The third-order valence-corrected chi connectivity index (χ3v) is 3.17. The van der Waals surface area contributed by atoms with Crippen LogP contribution in [0.3, 0.4) is 0 Å². The predicted octanol–water partition coefficient (Wildman–Crippen LogP) is 4.01. The molecule has 0 saturated heterocycles. The summed E-state index contributed by atoms with van der Waals surface area (Å²) in [5.74, 6) is 1.26. The molecule has 112 valence electrons. The SMILES string of the molecule is CCC(Nc1ccc(N)c(OC(C)C)n1)c1ccccc1. The Bertz CT molecular complexity index is 570. The van der Waals surface area contributed by atoms with E-state index in [4.69, 9.17) is 10.5 Å². The molecule has 1 heterocycles. The van der Waals surface area contributed by atoms with Gasteiger partial charge >= 0.3 is 0 Å². The lowest BCUT2D eigenvalue weighted by Gasteiger charge is -2.19. The minimum Gasteiger partial charge on any atom is -0.473 e. The van der Waals surface area contributed by atoms with E-state index in [0.717, 1.165) is 12.2 Å². The van der Waals surface area contributed by atoms with E-state index in [2.05, 4.69) is 29.4 Å². The molecule has 2 rings (SSSR count). The van der Waals surface area contributed by atoms with Crippen LogP contribution < -0.4 is 15.8 Å². The van der Waals surface area contributed by atoms with Gasteiger partial charge in [0.15, 0.2) is 0 Å². The average molecular weight is 285 g/mol. The second kappa shape index (κ2) is 6.97. The van der Waals surface area contributed by atoms with Crippen molar-refractivity contribution >= 4 is 11.5 Å². The average Bonchev–Trinajstić information content (AvgIpc) is 2.48. The highest BCUT2D eigenvalue weighted by Gasteiger charge is 2.11. The Morgan fingerprint density at radius 1 is 1.14 bits per heavy atom. The van der Waals surface area contributed by atoms with Gasteiger partial charge in [-0.1, -0.05) is 37.3 Å². The van der Waals surface area contributed by atoms with Crippen LogP contribution in [0.1, 0.15) is 38.8 Å². The van der Waals surface area contributed by atoms with Crippen molar-refractivity contribution in [2.24, 2.45) is 0 Å². The number of pyridine rings is 1. The molecule has 4 heteroatoms. The molecule has 1 aromatic carbocycles. The smallest absolute Gasteiger partial charge is 0.239 e. The minimum atomic E-state index is 0.0474. The van der Waals surface area contributed by atoms with Crippen LogP contribution in [0.25, 0.3) is 0 Å². The highest BCUT2D eigenvalue weighted by molar-refractivity contribution is 5.54. The van der Waals surface area contributed by atoms with E-state index in [-0.39, 0.29) is 12.1 Å². The maximum absolute atomic E-state index is 5.90. The molecule has 4 nitrogen and oxygen atoms in total. The van der Waals surface area contributed by atoms with Gasteiger partial charge in [-0.25, -0.2) is 0 Å². The Morgan fingerprint density at radius 2 is 1.86 bits per heavy atom. The van der Waals surface area contributed by atoms with Gasteiger partial charge in [-0.05, 0) is 38.0 Å². The van der Waals surface area contributed by atoms with Gasteiger partial charge in [-0.2, -0.15) is 4.98 Å². The Morgan fingerprint density at radius 3 is 2.48 bits per heavy atom. The van der Waals surface area contributed by atoms with E-state index < -0.39 is 0 Å². The highest BCUT2D eigenvalue weighted by atomic mass is 16.5. The van der Waals surface area contributed by atoms with E-state index >= 15 is 0 Å². The summed E-state index contributed by atoms with van der Waals surface area (Å²) < 4.78 is 5.63. The van der Waals surface area contributed by atoms with Gasteiger partial charge in [-0.15, -0.1) is 0 Å². The van der Waals surface area contributed by atoms with Crippen molar-refractivity contribution in [1.29, 1.82) is 0 Å². The molecule has 3 N–H and O–H groups in total. The van der Waals surface area contributed by atoms with E-state index in [1.165, 1.54) is 5.56 Å². The molecule has 0 bridgehead atoms. The molecular weight excluding hydrogens is 262 g/mol. The van der Waals surface area contributed by atoms with Crippen LogP contribution in [-0.2, 0) is 0 Å². The first-order valence-electron chi connectivity index (χ1n) is 7.34. The summed E-state index contributed by atoms with van der Waals surface area (Å²) in [7, 11) is 0. The second-order valence-electron chi connectivity index (χ2n) is 5.27. The molecule has 0 saturated carbocycles. The van der Waals surface area contributed by atoms with Crippen LogP contribution in [0, 0.1) is 0 Å². The first-order valence-corrected chi connectivity index (χ1v) is 7.34. The number of hydrogen-bond donors (Lipinski definition) is 2. The van der Waals surface area contributed by atoms with Crippen LogP contribution in [-0.4, -0.2) is 11.1 Å². The largest absolute Gasteiger partial charge is 0.473 e. The van der Waals surface area contributed by atoms with Crippen molar-refractivity contribution in [3.05, 3.63) is 48.0 Å². The lowest BCUT2D eigenvalue weighted by Crippen LogP contribution is -2.13. The number of hydrogen-bond acceptors (Lipinski definition) is 4. The van der Waals surface area contributed by atoms with Crippen LogP contribution in [0.4, 0.5) is 11.5 Å². The van der Waals surface area contributed by atoms with Crippen LogP contribution >= 0.6 is 0 Å². The van der Waals surface area contributed by atoms with Crippen molar-refractivity contribution in [3.8, 4) is 5.88 Å². The van der Waals surface area contributed by atoms with Gasteiger partial charge in [0, 0.05) is 0 Å². The standard InChI is InChI=1S/C17H23N3O/c1-4-15(13-8-6-5-7-9-13)19-16-11-10-14(18)17(20-16)21-12(2)3/h5-12,15H,4,18H2,1-3H3,(H,19,20). The molecule has 0 aliphatic heterocycles. The first-order chi connectivity index (χ1) is 10.1. The van der Waals surface area contributed by atoms with Gasteiger partial charge in [0.25, 0.3) is 0 Å². The molecule has 21 heavy (non-hydrogen) atoms. The Balaban J connectivity index is 2.18. The Labute approximate surface area is 126 Å². The fourth-order valence-electron chi connectivity index (χ4n) is 2.13. The molecule has 0 amide bonds. The fourth-order valence-corrected chi connectivity index (χ4v) is 2.13. The molecule has 0 spiro atoms. The topological polar surface area (TPSA) is 60.2 Å². The van der Waals surface area contributed by atoms with Crippen LogP contribution in [0.15, 0.2) is 42.5 Å². The molecule has 0 fully saturated rings. The first kappa shape index (κ1) is 15.2. The summed E-state index contributed by atoms with van der Waals surface area (Å²) in [6.07, 6.45) is 1.02. The van der Waals surface area contributed by atoms with E-state index in [0.29, 0.717) is 11.6 Å². The molecule has 0 aliphatic carbocycles. The molecular formula is C17H23N3O. The summed E-state index contributed by atoms with van der Waals surface area (Å²) in [5, 5.41) is 3.44. The molecule has 1 atom stereocenters. The van der Waals surface area contributed by atoms with Crippen LogP contribution in [0.5, 0.6) is 5.88 Å². The number of nitrogens with one attached hydrogen (secondary N) is 1. The summed E-state index contributed by atoms with van der Waals surface area (Å²) in [6, 6.07) is 14.3. The number of nitrogen functional groups attached to an aromatic ring is 1. The highest BCUT2D eigenvalue weighted by Crippen LogP contribution is 2.26. The zero-order valence-corrected chi connectivity index (χ0v) is 12.8. The molecule has 2 aromatic rings. The van der Waals surface area contributed by atoms with Gasteiger partial charge < -0.3 is 15.8 Å². The van der Waals surface area contributed by atoms with Gasteiger partial charge in [0.1, 0.15) is 5.82 Å². The summed E-state index contributed by atoms with van der Waals surface area (Å²) in [6.45, 7) is 6.06. The molecule has 1 aromatic heterocycles. The minimum absolute atomic E-state index is 0.0474. The predicted molar refractivity (Wildman–Crippen MR) is 87.5 cm³/mol. The number of aromatic nitrogens is 1. The lowest BCUT2D eigenvalue weighted by molar-refractivity contribution is 0.234. The summed E-state index contributed by atoms with van der Waals surface area (Å²) >= 11 is 0. The maximum atomic E-state index is 5.90. The van der Waals surface area contributed by atoms with Gasteiger partial charge in [0.2, 0.25) is 5.88 Å². The normalized spacial score (nSPS) is 12.2. The zero-order chi connectivity index (χ0) is 15.2.